The summed E-state index contributed by atoms with van der Waals surface area (Å²) in [6.07, 6.45) is 1.90. The molecule has 1 aromatic heterocycles. The fourth-order valence-electron chi connectivity index (χ4n) is 3.70. The Morgan fingerprint density at radius 2 is 1.12 bits per heavy atom. The maximum Gasteiger partial charge on any atom is 0.134 e. The lowest BCUT2D eigenvalue weighted by Crippen LogP contribution is -1.84. The van der Waals surface area contributed by atoms with Gasteiger partial charge in [0.2, 0.25) is 0 Å². The van der Waals surface area contributed by atoms with E-state index in [9.17, 15) is 5.26 Å². The standard InChI is InChI=1S/C30H20N2S/c31-20-28(19-22-11-13-25(14-12-22)23-7-3-1-4-8-23)30-32-29(21-33-30)27-17-15-26(16-18-27)24-9-5-2-6-10-24/h1-19,21H/b28-19-. The summed E-state index contributed by atoms with van der Waals surface area (Å²) in [5.41, 5.74) is 8.17. The van der Waals surface area contributed by atoms with E-state index in [0.29, 0.717) is 5.57 Å². The lowest BCUT2D eigenvalue weighted by molar-refractivity contribution is 1.37. The Morgan fingerprint density at radius 3 is 1.67 bits per heavy atom. The highest BCUT2D eigenvalue weighted by atomic mass is 32.1. The number of nitrogens with zero attached hydrogens (tertiary/aromatic N) is 2. The Bertz CT molecular complexity index is 1420. The molecular weight excluding hydrogens is 420 g/mol. The van der Waals surface area contributed by atoms with E-state index in [0.717, 1.165) is 27.4 Å². The minimum Gasteiger partial charge on any atom is -0.235 e. The molecule has 0 N–H and O–H groups in total. The normalized spacial score (nSPS) is 11.2. The first-order chi connectivity index (χ1) is 16.3. The van der Waals surface area contributed by atoms with Gasteiger partial charge in [-0.15, -0.1) is 11.3 Å². The van der Waals surface area contributed by atoms with Crippen LogP contribution in [-0.4, -0.2) is 4.98 Å². The molecule has 2 nitrogen and oxygen atoms in total. The highest BCUT2D eigenvalue weighted by Gasteiger charge is 2.10. The number of hydrogen-bond acceptors (Lipinski definition) is 3. The SMILES string of the molecule is N#C/C(=C/c1ccc(-c2ccccc2)cc1)c1nc(-c2ccc(-c3ccccc3)cc2)cs1. The molecule has 156 valence electrons. The fraction of sp³-hybridized carbons (Fsp3) is 0. The van der Waals surface area contributed by atoms with E-state index in [1.807, 2.05) is 60.0 Å². The molecule has 5 aromatic rings. The van der Waals surface area contributed by atoms with Crippen molar-refractivity contribution in [1.82, 2.24) is 4.98 Å². The molecule has 3 heteroatoms. The van der Waals surface area contributed by atoms with Gasteiger partial charge in [0.15, 0.2) is 0 Å². The Labute approximate surface area is 197 Å². The number of rotatable bonds is 5. The Kier molecular flexibility index (Phi) is 5.93. The fourth-order valence-corrected chi connectivity index (χ4v) is 4.50. The largest absolute Gasteiger partial charge is 0.235 e. The van der Waals surface area contributed by atoms with Crippen molar-refractivity contribution in [3.63, 3.8) is 0 Å². The van der Waals surface area contributed by atoms with Gasteiger partial charge in [0, 0.05) is 10.9 Å². The molecule has 0 aliphatic heterocycles. The third kappa shape index (κ3) is 4.67. The molecule has 0 atom stereocenters. The van der Waals surface area contributed by atoms with Crippen molar-refractivity contribution >= 4 is 23.0 Å². The number of thiazole rings is 1. The third-order valence-electron chi connectivity index (χ3n) is 5.47. The molecule has 1 heterocycles. The van der Waals surface area contributed by atoms with Crippen LogP contribution >= 0.6 is 11.3 Å². The molecule has 0 radical (unpaired) electrons. The summed E-state index contributed by atoms with van der Waals surface area (Å²) in [6, 6.07) is 39.5. The van der Waals surface area contributed by atoms with E-state index in [4.69, 9.17) is 4.98 Å². The molecule has 0 saturated carbocycles. The van der Waals surface area contributed by atoms with Crippen LogP contribution in [0.4, 0.5) is 0 Å². The molecule has 0 bridgehead atoms. The lowest BCUT2D eigenvalue weighted by atomic mass is 10.0. The van der Waals surface area contributed by atoms with Gasteiger partial charge in [-0.3, -0.25) is 0 Å². The first-order valence-corrected chi connectivity index (χ1v) is 11.6. The second-order valence-electron chi connectivity index (χ2n) is 7.64. The first-order valence-electron chi connectivity index (χ1n) is 10.7. The van der Waals surface area contributed by atoms with Crippen LogP contribution in [0.5, 0.6) is 0 Å². The van der Waals surface area contributed by atoms with Crippen LogP contribution in [0.2, 0.25) is 0 Å². The van der Waals surface area contributed by atoms with Gasteiger partial charge in [0.05, 0.1) is 11.3 Å². The molecule has 0 amide bonds. The smallest absolute Gasteiger partial charge is 0.134 e. The average Bonchev–Trinajstić information content (AvgIpc) is 3.39. The van der Waals surface area contributed by atoms with Crippen LogP contribution in [0, 0.1) is 11.3 Å². The van der Waals surface area contributed by atoms with Crippen LogP contribution in [0.1, 0.15) is 10.6 Å². The van der Waals surface area contributed by atoms with Crippen molar-refractivity contribution in [2.24, 2.45) is 0 Å². The number of aromatic nitrogens is 1. The zero-order valence-electron chi connectivity index (χ0n) is 17.8. The van der Waals surface area contributed by atoms with Crippen LogP contribution in [0.25, 0.3) is 45.2 Å². The molecule has 33 heavy (non-hydrogen) atoms. The number of allylic oxidation sites excluding steroid dienone is 1. The summed E-state index contributed by atoms with van der Waals surface area (Å²) in [5, 5.41) is 12.5. The van der Waals surface area contributed by atoms with Crippen molar-refractivity contribution in [3.8, 4) is 39.6 Å². The second kappa shape index (κ2) is 9.48. The van der Waals surface area contributed by atoms with Crippen molar-refractivity contribution in [1.29, 1.82) is 5.26 Å². The van der Waals surface area contributed by atoms with Gasteiger partial charge in [-0.2, -0.15) is 5.26 Å². The lowest BCUT2D eigenvalue weighted by Gasteiger charge is -2.03. The van der Waals surface area contributed by atoms with Crippen molar-refractivity contribution < 1.29 is 0 Å². The quantitative estimate of drug-likeness (QED) is 0.258. The summed E-state index contributed by atoms with van der Waals surface area (Å²) in [7, 11) is 0. The molecule has 0 aliphatic carbocycles. The zero-order chi connectivity index (χ0) is 22.5. The van der Waals surface area contributed by atoms with E-state index in [-0.39, 0.29) is 0 Å². The van der Waals surface area contributed by atoms with E-state index in [1.165, 1.54) is 28.0 Å². The monoisotopic (exact) mass is 440 g/mol. The Balaban J connectivity index is 1.37. The Morgan fingerprint density at radius 1 is 0.636 bits per heavy atom. The number of nitriles is 1. The topological polar surface area (TPSA) is 36.7 Å². The van der Waals surface area contributed by atoms with Gasteiger partial charge >= 0.3 is 0 Å². The predicted octanol–water partition coefficient (Wildman–Crippen LogP) is 8.21. The molecule has 5 rings (SSSR count). The third-order valence-corrected chi connectivity index (χ3v) is 6.35. The van der Waals surface area contributed by atoms with Gasteiger partial charge in [0.1, 0.15) is 11.1 Å². The summed E-state index contributed by atoms with van der Waals surface area (Å²) in [5.74, 6) is 0. The van der Waals surface area contributed by atoms with Crippen LogP contribution in [0.15, 0.2) is 115 Å². The number of hydrogen-bond donors (Lipinski definition) is 0. The Hall–Kier alpha value is -4.26. The van der Waals surface area contributed by atoms with Gasteiger partial charge in [-0.1, -0.05) is 109 Å². The van der Waals surface area contributed by atoms with Crippen molar-refractivity contribution in [2.45, 2.75) is 0 Å². The van der Waals surface area contributed by atoms with Crippen molar-refractivity contribution in [3.05, 3.63) is 125 Å². The molecule has 0 saturated heterocycles. The van der Waals surface area contributed by atoms with E-state index in [2.05, 4.69) is 66.7 Å². The molecule has 0 spiro atoms. The predicted molar refractivity (Wildman–Crippen MR) is 138 cm³/mol. The minimum atomic E-state index is 0.569. The van der Waals surface area contributed by atoms with Gasteiger partial charge < -0.3 is 0 Å². The molecule has 0 aliphatic rings. The van der Waals surface area contributed by atoms with E-state index >= 15 is 0 Å². The van der Waals surface area contributed by atoms with Crippen LogP contribution in [-0.2, 0) is 0 Å². The highest BCUT2D eigenvalue weighted by Crippen LogP contribution is 2.29. The van der Waals surface area contributed by atoms with Crippen LogP contribution in [0.3, 0.4) is 0 Å². The van der Waals surface area contributed by atoms with E-state index < -0.39 is 0 Å². The summed E-state index contributed by atoms with van der Waals surface area (Å²) >= 11 is 1.50. The molecule has 0 fully saturated rings. The molecule has 4 aromatic carbocycles. The second-order valence-corrected chi connectivity index (χ2v) is 8.50. The average molecular weight is 441 g/mol. The van der Waals surface area contributed by atoms with Crippen LogP contribution < -0.4 is 0 Å². The molecule has 0 unspecified atom stereocenters. The highest BCUT2D eigenvalue weighted by molar-refractivity contribution is 7.11. The summed E-state index contributed by atoms with van der Waals surface area (Å²) in [4.78, 5) is 4.74. The van der Waals surface area contributed by atoms with Gasteiger partial charge in [0.25, 0.3) is 0 Å². The van der Waals surface area contributed by atoms with E-state index in [1.54, 1.807) is 0 Å². The van der Waals surface area contributed by atoms with Crippen molar-refractivity contribution in [2.75, 3.05) is 0 Å². The zero-order valence-corrected chi connectivity index (χ0v) is 18.7. The van der Waals surface area contributed by atoms with Gasteiger partial charge in [-0.25, -0.2) is 4.98 Å². The first kappa shape index (κ1) is 20.6. The minimum absolute atomic E-state index is 0.569. The molecular formula is C30H20N2S. The van der Waals surface area contributed by atoms with Gasteiger partial charge in [-0.05, 0) is 33.9 Å². The summed E-state index contributed by atoms with van der Waals surface area (Å²) < 4.78 is 0. The maximum absolute atomic E-state index is 9.76. The number of benzene rings is 4. The maximum atomic E-state index is 9.76. The summed E-state index contributed by atoms with van der Waals surface area (Å²) in [6.45, 7) is 0.